The van der Waals surface area contributed by atoms with E-state index in [0.717, 1.165) is 6.67 Å². The maximum absolute atomic E-state index is 5.51. The fourth-order valence-corrected chi connectivity index (χ4v) is 0.874. The van der Waals surface area contributed by atoms with Gasteiger partial charge in [-0.1, -0.05) is 0 Å². The molecule has 1 aliphatic heterocycles. The van der Waals surface area contributed by atoms with Crippen LogP contribution in [0.25, 0.3) is 0 Å². The van der Waals surface area contributed by atoms with Gasteiger partial charge in [-0.3, -0.25) is 5.01 Å². The summed E-state index contributed by atoms with van der Waals surface area (Å²) in [6.45, 7) is 2.77. The summed E-state index contributed by atoms with van der Waals surface area (Å²) < 4.78 is 0. The predicted molar refractivity (Wildman–Crippen MR) is 50.7 cm³/mol. The summed E-state index contributed by atoms with van der Waals surface area (Å²) in [5.41, 5.74) is 8.57. The summed E-state index contributed by atoms with van der Waals surface area (Å²) in [6, 6.07) is 0. The van der Waals surface area contributed by atoms with Crippen molar-refractivity contribution >= 4 is 17.0 Å². The van der Waals surface area contributed by atoms with Gasteiger partial charge in [0.05, 0.1) is 6.17 Å². The number of hydrogen-bond donors (Lipinski definition) is 2. The number of nitrogens with two attached hydrogens (primary N) is 1. The minimum absolute atomic E-state index is 0. The molecule has 0 aromatic rings. The van der Waals surface area contributed by atoms with E-state index in [1.807, 2.05) is 31.4 Å². The number of nitrogens with zero attached hydrogens (tertiary/aromatic N) is 2. The van der Waals surface area contributed by atoms with E-state index in [9.17, 15) is 0 Å². The lowest BCUT2D eigenvalue weighted by Gasteiger charge is -2.21. The van der Waals surface area contributed by atoms with Gasteiger partial charge in [-0.15, -0.1) is 17.0 Å². The lowest BCUT2D eigenvalue weighted by Crippen LogP contribution is -2.45. The van der Waals surface area contributed by atoms with Gasteiger partial charge >= 0.3 is 0 Å². The summed E-state index contributed by atoms with van der Waals surface area (Å²) in [6.07, 6.45) is 3.97. The first-order valence-corrected chi connectivity index (χ1v) is 3.35. The molecule has 0 aromatic heterocycles. The Hall–Kier alpha value is -0.260. The van der Waals surface area contributed by atoms with Crippen LogP contribution in [0.3, 0.4) is 0 Å². The standard InChI is InChI=1S/C6H14N4.BrH/c1-6(7)8-10-4-3-9(2)5-10;/h3-4,6,8H,5,7H2,1-2H3;1H. The second kappa shape index (κ2) is 4.58. The molecule has 1 unspecified atom stereocenters. The zero-order valence-electron chi connectivity index (χ0n) is 6.82. The zero-order chi connectivity index (χ0) is 7.56. The SMILES string of the molecule is Br.CC(N)NN1C=CN(C)C1. The second-order valence-electron chi connectivity index (χ2n) is 2.58. The quantitative estimate of drug-likeness (QED) is 0.649. The Balaban J connectivity index is 0.000001000. The first-order chi connectivity index (χ1) is 4.68. The zero-order valence-corrected chi connectivity index (χ0v) is 8.53. The Morgan fingerprint density at radius 3 is 2.55 bits per heavy atom. The van der Waals surface area contributed by atoms with E-state index < -0.39 is 0 Å². The Morgan fingerprint density at radius 1 is 1.55 bits per heavy atom. The molecule has 1 heterocycles. The van der Waals surface area contributed by atoms with E-state index in [1.165, 1.54) is 0 Å². The lowest BCUT2D eigenvalue weighted by atomic mass is 10.6. The maximum Gasteiger partial charge on any atom is 0.104 e. The normalized spacial score (nSPS) is 18.5. The van der Waals surface area contributed by atoms with Crippen LogP contribution < -0.4 is 11.2 Å². The number of halogens is 1. The van der Waals surface area contributed by atoms with Crippen LogP contribution in [0.5, 0.6) is 0 Å². The van der Waals surface area contributed by atoms with Crippen LogP contribution in [0.4, 0.5) is 0 Å². The van der Waals surface area contributed by atoms with Gasteiger partial charge in [0, 0.05) is 19.4 Å². The van der Waals surface area contributed by atoms with Crippen molar-refractivity contribution in [3.05, 3.63) is 12.4 Å². The van der Waals surface area contributed by atoms with Crippen molar-refractivity contribution in [1.82, 2.24) is 15.3 Å². The van der Waals surface area contributed by atoms with E-state index in [2.05, 4.69) is 10.3 Å². The molecule has 0 fully saturated rings. The molecule has 0 aromatic carbocycles. The monoisotopic (exact) mass is 222 g/mol. The van der Waals surface area contributed by atoms with Crippen molar-refractivity contribution in [2.24, 2.45) is 5.73 Å². The molecule has 0 bridgehead atoms. The molecule has 0 saturated heterocycles. The van der Waals surface area contributed by atoms with Gasteiger partial charge in [0.15, 0.2) is 0 Å². The molecule has 66 valence electrons. The van der Waals surface area contributed by atoms with Crippen molar-refractivity contribution < 1.29 is 0 Å². The van der Waals surface area contributed by atoms with Gasteiger partial charge in [0.25, 0.3) is 0 Å². The molecule has 0 aliphatic carbocycles. The number of hydrazine groups is 1. The van der Waals surface area contributed by atoms with Gasteiger partial charge in [-0.2, -0.15) is 0 Å². The van der Waals surface area contributed by atoms with Crippen molar-refractivity contribution in [3.63, 3.8) is 0 Å². The third-order valence-corrected chi connectivity index (χ3v) is 1.25. The molecule has 1 rings (SSSR count). The van der Waals surface area contributed by atoms with E-state index in [-0.39, 0.29) is 23.1 Å². The molecular weight excluding hydrogens is 208 g/mol. The van der Waals surface area contributed by atoms with Gasteiger partial charge < -0.3 is 10.6 Å². The molecular formula is C6H15BrN4. The minimum Gasteiger partial charge on any atom is -0.360 e. The van der Waals surface area contributed by atoms with Crippen molar-refractivity contribution in [1.29, 1.82) is 0 Å². The third-order valence-electron chi connectivity index (χ3n) is 1.25. The van der Waals surface area contributed by atoms with Crippen LogP contribution in [0.1, 0.15) is 6.92 Å². The number of rotatable bonds is 2. The molecule has 11 heavy (non-hydrogen) atoms. The summed E-state index contributed by atoms with van der Waals surface area (Å²) in [7, 11) is 2.01. The molecule has 4 nitrogen and oxygen atoms in total. The summed E-state index contributed by atoms with van der Waals surface area (Å²) in [5.74, 6) is 0. The highest BCUT2D eigenvalue weighted by Crippen LogP contribution is 1.99. The smallest absolute Gasteiger partial charge is 0.104 e. The van der Waals surface area contributed by atoms with Crippen molar-refractivity contribution in [2.45, 2.75) is 13.1 Å². The molecule has 1 aliphatic rings. The Bertz CT molecular complexity index is 137. The maximum atomic E-state index is 5.51. The van der Waals surface area contributed by atoms with Crippen LogP contribution in [0.15, 0.2) is 12.4 Å². The topological polar surface area (TPSA) is 44.5 Å². The average molecular weight is 223 g/mol. The summed E-state index contributed by atoms with van der Waals surface area (Å²) >= 11 is 0. The predicted octanol–water partition coefficient (Wildman–Crippen LogP) is 0.0497. The van der Waals surface area contributed by atoms with E-state index in [1.54, 1.807) is 0 Å². The first kappa shape index (κ1) is 10.7. The van der Waals surface area contributed by atoms with Crippen molar-refractivity contribution in [2.75, 3.05) is 13.7 Å². The van der Waals surface area contributed by atoms with Gasteiger partial charge in [-0.25, -0.2) is 5.43 Å². The fraction of sp³-hybridized carbons (Fsp3) is 0.667. The van der Waals surface area contributed by atoms with Crippen LogP contribution >= 0.6 is 17.0 Å². The van der Waals surface area contributed by atoms with Crippen molar-refractivity contribution in [3.8, 4) is 0 Å². The molecule has 3 N–H and O–H groups in total. The van der Waals surface area contributed by atoms with Gasteiger partial charge in [0.1, 0.15) is 6.67 Å². The minimum atomic E-state index is 0. The fourth-order valence-electron chi connectivity index (χ4n) is 0.874. The highest BCUT2D eigenvalue weighted by molar-refractivity contribution is 8.93. The van der Waals surface area contributed by atoms with Crippen LogP contribution in [-0.4, -0.2) is 29.8 Å². The lowest BCUT2D eigenvalue weighted by molar-refractivity contribution is 0.200. The molecule has 5 heteroatoms. The molecule has 0 saturated carbocycles. The van der Waals surface area contributed by atoms with Crippen LogP contribution in [0, 0.1) is 0 Å². The third kappa shape index (κ3) is 3.60. The largest absolute Gasteiger partial charge is 0.360 e. The Morgan fingerprint density at radius 2 is 2.18 bits per heavy atom. The van der Waals surface area contributed by atoms with Crippen LogP contribution in [0.2, 0.25) is 0 Å². The van der Waals surface area contributed by atoms with E-state index >= 15 is 0 Å². The van der Waals surface area contributed by atoms with Gasteiger partial charge in [0.2, 0.25) is 0 Å². The van der Waals surface area contributed by atoms with Crippen LogP contribution in [-0.2, 0) is 0 Å². The number of nitrogens with one attached hydrogen (secondary N) is 1. The highest BCUT2D eigenvalue weighted by atomic mass is 79.9. The molecule has 0 amide bonds. The van der Waals surface area contributed by atoms with E-state index in [0.29, 0.717) is 0 Å². The van der Waals surface area contributed by atoms with Gasteiger partial charge in [-0.05, 0) is 6.92 Å². The summed E-state index contributed by atoms with van der Waals surface area (Å²) in [4.78, 5) is 2.06. The Labute approximate surface area is 77.8 Å². The first-order valence-electron chi connectivity index (χ1n) is 3.35. The number of hydrogen-bond acceptors (Lipinski definition) is 4. The van der Waals surface area contributed by atoms with E-state index in [4.69, 9.17) is 5.73 Å². The molecule has 0 spiro atoms. The average Bonchev–Trinajstić information content (AvgIpc) is 2.13. The molecule has 0 radical (unpaired) electrons. The Kier molecular flexibility index (Phi) is 4.48. The molecule has 1 atom stereocenters. The second-order valence-corrected chi connectivity index (χ2v) is 2.58. The highest BCUT2D eigenvalue weighted by Gasteiger charge is 2.07. The summed E-state index contributed by atoms with van der Waals surface area (Å²) in [5, 5.41) is 1.95.